The zero-order valence-corrected chi connectivity index (χ0v) is 18.9. The zero-order valence-electron chi connectivity index (χ0n) is 16.6. The van der Waals surface area contributed by atoms with Gasteiger partial charge in [-0.1, -0.05) is 42.0 Å². The van der Waals surface area contributed by atoms with Crippen LogP contribution >= 0.6 is 0 Å². The first-order valence-corrected chi connectivity index (χ1v) is 9.05. The summed E-state index contributed by atoms with van der Waals surface area (Å²) in [7, 11) is 0. The van der Waals surface area contributed by atoms with Crippen LogP contribution in [-0.4, -0.2) is 29.7 Å². The van der Waals surface area contributed by atoms with Crippen molar-refractivity contribution in [3.63, 3.8) is 0 Å². The predicted molar refractivity (Wildman–Crippen MR) is 101 cm³/mol. The van der Waals surface area contributed by atoms with Gasteiger partial charge in [-0.3, -0.25) is 10.1 Å². The van der Waals surface area contributed by atoms with Crippen molar-refractivity contribution >= 4 is 0 Å². The molecule has 4 aromatic heterocycles. The molecule has 0 amide bonds. The molecule has 4 rings (SSSR count). The molecule has 0 bridgehead atoms. The molecule has 0 aliphatic carbocycles. The van der Waals surface area contributed by atoms with Gasteiger partial charge < -0.3 is 9.67 Å². The normalized spacial score (nSPS) is 11.8. The number of alkyl halides is 3. The van der Waals surface area contributed by atoms with Crippen LogP contribution in [0.1, 0.15) is 30.9 Å². The summed E-state index contributed by atoms with van der Waals surface area (Å²) in [5.74, 6) is 0.184. The quantitative estimate of drug-likeness (QED) is 0.194. The van der Waals surface area contributed by atoms with Gasteiger partial charge in [-0.25, -0.2) is 16.0 Å². The standard InChI is InChI=1S/C21H14F4N6.Pt/c1-20(2,15-6-3-5-13(27-15)14-9-11-26-19(22)28-14)16-7-4-8-18(29-16)31-12-10-17(30-31)21(23,24)25;/h3-8,10-11H,1-2H3;/q-2;+2. The van der Waals surface area contributed by atoms with Crippen molar-refractivity contribution in [2.24, 2.45) is 0 Å². The molecule has 0 aliphatic rings. The Balaban J connectivity index is 0.00000289. The number of aromatic nitrogens is 6. The van der Waals surface area contributed by atoms with E-state index < -0.39 is 23.4 Å². The average Bonchev–Trinajstić information content (AvgIpc) is 3.25. The maximum atomic E-state index is 13.4. The SMILES string of the molecule is CC(C)(c1cccc(-c2[c-]cnc(F)n2)n1)c1cccc(-n2[c-]cc(C(F)(F)F)n2)n1.[Pt+2]. The molecule has 0 spiro atoms. The van der Waals surface area contributed by atoms with Gasteiger partial charge in [0.25, 0.3) is 0 Å². The summed E-state index contributed by atoms with van der Waals surface area (Å²) in [5.41, 5.74) is -0.0394. The second-order valence-electron chi connectivity index (χ2n) is 7.11. The van der Waals surface area contributed by atoms with Gasteiger partial charge in [0.2, 0.25) is 0 Å². The maximum Gasteiger partial charge on any atom is 2.00 e. The second-order valence-corrected chi connectivity index (χ2v) is 7.11. The Morgan fingerprint density at radius 3 is 2.25 bits per heavy atom. The summed E-state index contributed by atoms with van der Waals surface area (Å²) in [6, 6.07) is 13.6. The van der Waals surface area contributed by atoms with Gasteiger partial charge in [0.1, 0.15) is 0 Å². The molecule has 4 aromatic rings. The van der Waals surface area contributed by atoms with Crippen LogP contribution in [0.25, 0.3) is 17.2 Å². The van der Waals surface area contributed by atoms with Crippen molar-refractivity contribution in [2.75, 3.05) is 0 Å². The van der Waals surface area contributed by atoms with E-state index in [1.807, 2.05) is 13.8 Å². The molecule has 0 N–H and O–H groups in total. The third-order valence-corrected chi connectivity index (χ3v) is 4.62. The van der Waals surface area contributed by atoms with Crippen molar-refractivity contribution in [2.45, 2.75) is 25.4 Å². The fraction of sp³-hybridized carbons (Fsp3) is 0.190. The second kappa shape index (κ2) is 8.86. The maximum absolute atomic E-state index is 13.4. The minimum absolute atomic E-state index is 0. The number of hydrogen-bond acceptors (Lipinski definition) is 5. The van der Waals surface area contributed by atoms with Gasteiger partial charge in [0.15, 0.2) is 0 Å². The summed E-state index contributed by atoms with van der Waals surface area (Å²) >= 11 is 0. The van der Waals surface area contributed by atoms with Gasteiger partial charge in [0.05, 0.1) is 11.5 Å². The molecule has 0 aliphatic heterocycles. The first kappa shape index (κ1) is 23.7. The average molecular weight is 621 g/mol. The van der Waals surface area contributed by atoms with Crippen molar-refractivity contribution in [1.82, 2.24) is 29.7 Å². The van der Waals surface area contributed by atoms with Crippen LogP contribution in [-0.2, 0) is 32.7 Å². The number of hydrogen-bond donors (Lipinski definition) is 0. The number of rotatable bonds is 4. The molecule has 0 saturated carbocycles. The molecule has 166 valence electrons. The van der Waals surface area contributed by atoms with E-state index in [1.165, 1.54) is 12.3 Å². The first-order chi connectivity index (χ1) is 14.6. The van der Waals surface area contributed by atoms with Crippen LogP contribution in [0.15, 0.2) is 48.7 Å². The molecule has 11 heteroatoms. The van der Waals surface area contributed by atoms with Crippen LogP contribution in [0.5, 0.6) is 0 Å². The van der Waals surface area contributed by atoms with Gasteiger partial charge >= 0.3 is 33.3 Å². The fourth-order valence-corrected chi connectivity index (χ4v) is 2.91. The molecular weight excluding hydrogens is 607 g/mol. The monoisotopic (exact) mass is 621 g/mol. The summed E-state index contributed by atoms with van der Waals surface area (Å²) in [4.78, 5) is 16.1. The van der Waals surface area contributed by atoms with Crippen LogP contribution in [0.3, 0.4) is 0 Å². The molecule has 32 heavy (non-hydrogen) atoms. The van der Waals surface area contributed by atoms with Crippen LogP contribution in [0.2, 0.25) is 0 Å². The smallest absolute Gasteiger partial charge is 0.345 e. The van der Waals surface area contributed by atoms with Crippen molar-refractivity contribution in [3.8, 4) is 17.2 Å². The molecule has 0 aromatic carbocycles. The van der Waals surface area contributed by atoms with E-state index in [0.717, 1.165) is 10.7 Å². The Kier molecular flexibility index (Phi) is 6.55. The van der Waals surface area contributed by atoms with E-state index in [9.17, 15) is 17.6 Å². The summed E-state index contributed by atoms with van der Waals surface area (Å²) in [6.07, 6.45) is -1.84. The molecule has 0 saturated heterocycles. The Labute approximate surface area is 195 Å². The van der Waals surface area contributed by atoms with Crippen LogP contribution < -0.4 is 0 Å². The molecule has 4 heterocycles. The first-order valence-electron chi connectivity index (χ1n) is 9.05. The van der Waals surface area contributed by atoms with E-state index >= 15 is 0 Å². The molecule has 0 fully saturated rings. The Hall–Kier alpha value is -3.00. The van der Waals surface area contributed by atoms with Gasteiger partial charge in [-0.2, -0.15) is 17.6 Å². The van der Waals surface area contributed by atoms with Crippen molar-refractivity contribution in [1.29, 1.82) is 0 Å². The number of halogens is 4. The van der Waals surface area contributed by atoms with E-state index in [0.29, 0.717) is 17.1 Å². The Morgan fingerprint density at radius 2 is 1.59 bits per heavy atom. The molecule has 0 unspecified atom stereocenters. The third-order valence-electron chi connectivity index (χ3n) is 4.62. The summed E-state index contributed by atoms with van der Waals surface area (Å²) < 4.78 is 52.9. The van der Waals surface area contributed by atoms with Gasteiger partial charge in [-0.05, 0) is 26.0 Å². The molecule has 0 atom stereocenters. The molecule has 0 radical (unpaired) electrons. The van der Waals surface area contributed by atoms with Crippen LogP contribution in [0, 0.1) is 18.3 Å². The van der Waals surface area contributed by atoms with Crippen LogP contribution in [0.4, 0.5) is 17.6 Å². The van der Waals surface area contributed by atoms with Gasteiger partial charge in [0, 0.05) is 16.8 Å². The third kappa shape index (κ3) is 4.75. The minimum Gasteiger partial charge on any atom is -0.345 e. The molecular formula is C21H14F4N6Pt. The number of nitrogens with zero attached hydrogens (tertiary/aromatic N) is 6. The Bertz CT molecular complexity index is 1240. The zero-order chi connectivity index (χ0) is 22.2. The largest absolute Gasteiger partial charge is 2.00 e. The summed E-state index contributed by atoms with van der Waals surface area (Å²) in [6.45, 7) is 3.73. The fourth-order valence-electron chi connectivity index (χ4n) is 2.91. The topological polar surface area (TPSA) is 69.4 Å². The minimum atomic E-state index is -4.57. The Morgan fingerprint density at radius 1 is 0.906 bits per heavy atom. The van der Waals surface area contributed by atoms with E-state index in [2.05, 4.69) is 37.3 Å². The van der Waals surface area contributed by atoms with Crippen molar-refractivity contribution in [3.05, 3.63) is 84.1 Å². The van der Waals surface area contributed by atoms with E-state index in [1.54, 1.807) is 30.3 Å². The predicted octanol–water partition coefficient (Wildman–Crippen LogP) is 4.20. The summed E-state index contributed by atoms with van der Waals surface area (Å²) in [5, 5.41) is 3.51. The van der Waals surface area contributed by atoms with Gasteiger partial charge in [-0.15, -0.1) is 12.1 Å². The molecule has 6 nitrogen and oxygen atoms in total. The van der Waals surface area contributed by atoms with E-state index in [4.69, 9.17) is 0 Å². The van der Waals surface area contributed by atoms with E-state index in [-0.39, 0.29) is 32.6 Å². The van der Waals surface area contributed by atoms with Crippen molar-refractivity contribution < 1.29 is 38.6 Å². The number of pyridine rings is 2.